The van der Waals surface area contributed by atoms with Gasteiger partial charge in [0.05, 0.1) is 0 Å². The van der Waals surface area contributed by atoms with Gasteiger partial charge in [-0.05, 0) is 49.3 Å². The number of piperidine rings is 1. The van der Waals surface area contributed by atoms with Gasteiger partial charge in [-0.15, -0.1) is 0 Å². The summed E-state index contributed by atoms with van der Waals surface area (Å²) in [4.78, 5) is 13.6. The molecule has 3 rings (SSSR count). The lowest BCUT2D eigenvalue weighted by Gasteiger charge is -2.30. The number of hydrogen-bond acceptors (Lipinski definition) is 2. The minimum Gasteiger partial charge on any atom is -0.371 e. The number of rotatable bonds is 2. The Labute approximate surface area is 103 Å². The smallest absolute Gasteiger partial charge is 0.127 e. The first-order chi connectivity index (χ1) is 8.40. The average Bonchev–Trinajstić information content (AvgIpc) is 2.82. The predicted molar refractivity (Wildman–Crippen MR) is 69.6 cm³/mol. The molecule has 1 aromatic carbocycles. The van der Waals surface area contributed by atoms with E-state index in [1.165, 1.54) is 49.2 Å². The highest BCUT2D eigenvalue weighted by Gasteiger charge is 2.26. The molecule has 0 aromatic heterocycles. The molecule has 1 unspecified atom stereocenters. The molecule has 2 aliphatic rings. The van der Waals surface area contributed by atoms with Crippen LogP contribution in [0.1, 0.15) is 42.7 Å². The Morgan fingerprint density at radius 2 is 2.00 bits per heavy atom. The first kappa shape index (κ1) is 10.8. The number of benzene rings is 1. The summed E-state index contributed by atoms with van der Waals surface area (Å²) >= 11 is 0. The van der Waals surface area contributed by atoms with Gasteiger partial charge in [0, 0.05) is 24.7 Å². The van der Waals surface area contributed by atoms with E-state index in [9.17, 15) is 4.79 Å². The Bertz CT molecular complexity index is 421. The van der Waals surface area contributed by atoms with E-state index in [1.54, 1.807) is 0 Å². The molecule has 1 atom stereocenters. The van der Waals surface area contributed by atoms with E-state index in [0.29, 0.717) is 0 Å². The van der Waals surface area contributed by atoms with Crippen molar-refractivity contribution in [3.8, 4) is 0 Å². The van der Waals surface area contributed by atoms with Gasteiger partial charge in [0.15, 0.2) is 0 Å². The molecule has 1 heterocycles. The maximum atomic E-state index is 11.0. The number of fused-ring (bicyclic) bond motifs is 1. The molecule has 1 aromatic rings. The SMILES string of the molecule is O=CC1CCc2c1cccc2N1CCCCC1. The van der Waals surface area contributed by atoms with E-state index in [-0.39, 0.29) is 5.92 Å². The zero-order valence-corrected chi connectivity index (χ0v) is 10.2. The summed E-state index contributed by atoms with van der Waals surface area (Å²) in [5.41, 5.74) is 4.11. The average molecular weight is 229 g/mol. The molecule has 1 aliphatic carbocycles. The summed E-state index contributed by atoms with van der Waals surface area (Å²) in [5, 5.41) is 0. The normalized spacial score (nSPS) is 23.5. The van der Waals surface area contributed by atoms with E-state index >= 15 is 0 Å². The Morgan fingerprint density at radius 3 is 2.76 bits per heavy atom. The van der Waals surface area contributed by atoms with E-state index in [4.69, 9.17) is 0 Å². The molecule has 17 heavy (non-hydrogen) atoms. The first-order valence-electron chi connectivity index (χ1n) is 6.72. The fourth-order valence-electron chi connectivity index (χ4n) is 3.24. The van der Waals surface area contributed by atoms with Crippen LogP contribution in [0.2, 0.25) is 0 Å². The highest BCUT2D eigenvalue weighted by molar-refractivity contribution is 5.70. The van der Waals surface area contributed by atoms with Crippen molar-refractivity contribution in [1.82, 2.24) is 0 Å². The molecular formula is C15H19NO. The zero-order chi connectivity index (χ0) is 11.7. The maximum absolute atomic E-state index is 11.0. The molecule has 0 spiro atoms. The van der Waals surface area contributed by atoms with Gasteiger partial charge in [-0.1, -0.05) is 12.1 Å². The van der Waals surface area contributed by atoms with Crippen molar-refractivity contribution in [1.29, 1.82) is 0 Å². The highest BCUT2D eigenvalue weighted by atomic mass is 16.1. The standard InChI is InChI=1S/C15H19NO/c17-11-12-7-8-14-13(12)5-4-6-15(14)16-9-2-1-3-10-16/h4-6,11-12H,1-3,7-10H2. The van der Waals surface area contributed by atoms with Crippen LogP contribution in [-0.2, 0) is 11.2 Å². The fraction of sp³-hybridized carbons (Fsp3) is 0.533. The number of carbonyl (C=O) groups excluding carboxylic acids is 1. The molecule has 90 valence electrons. The van der Waals surface area contributed by atoms with Crippen LogP contribution in [0, 0.1) is 0 Å². The van der Waals surface area contributed by atoms with Crippen molar-refractivity contribution >= 4 is 12.0 Å². The molecule has 1 fully saturated rings. The summed E-state index contributed by atoms with van der Waals surface area (Å²) in [6.07, 6.45) is 7.17. The topological polar surface area (TPSA) is 20.3 Å². The predicted octanol–water partition coefficient (Wildman–Crippen LogP) is 2.91. The van der Waals surface area contributed by atoms with Crippen LogP contribution >= 0.6 is 0 Å². The molecule has 0 amide bonds. The molecule has 2 heteroatoms. The van der Waals surface area contributed by atoms with Crippen LogP contribution in [0.5, 0.6) is 0 Å². The zero-order valence-electron chi connectivity index (χ0n) is 10.2. The number of aldehydes is 1. The lowest BCUT2D eigenvalue weighted by molar-refractivity contribution is -0.109. The van der Waals surface area contributed by atoms with Crippen molar-refractivity contribution in [2.45, 2.75) is 38.0 Å². The summed E-state index contributed by atoms with van der Waals surface area (Å²) in [5.74, 6) is 0.148. The third kappa shape index (κ3) is 1.86. The maximum Gasteiger partial charge on any atom is 0.127 e. The second-order valence-corrected chi connectivity index (χ2v) is 5.17. The second-order valence-electron chi connectivity index (χ2n) is 5.17. The molecule has 0 bridgehead atoms. The van der Waals surface area contributed by atoms with Crippen LogP contribution in [0.15, 0.2) is 18.2 Å². The van der Waals surface area contributed by atoms with Gasteiger partial charge in [0.1, 0.15) is 6.29 Å². The first-order valence-corrected chi connectivity index (χ1v) is 6.72. The fourth-order valence-corrected chi connectivity index (χ4v) is 3.24. The number of nitrogens with zero attached hydrogens (tertiary/aromatic N) is 1. The van der Waals surface area contributed by atoms with E-state index < -0.39 is 0 Å². The van der Waals surface area contributed by atoms with Crippen LogP contribution < -0.4 is 4.90 Å². The van der Waals surface area contributed by atoms with Gasteiger partial charge in [-0.3, -0.25) is 0 Å². The molecule has 1 saturated heterocycles. The number of hydrogen-bond donors (Lipinski definition) is 0. The summed E-state index contributed by atoms with van der Waals surface area (Å²) < 4.78 is 0. The minimum absolute atomic E-state index is 0.148. The lowest BCUT2D eigenvalue weighted by atomic mass is 10.0. The van der Waals surface area contributed by atoms with Gasteiger partial charge >= 0.3 is 0 Å². The van der Waals surface area contributed by atoms with E-state index in [1.807, 2.05) is 0 Å². The van der Waals surface area contributed by atoms with Gasteiger partial charge in [-0.25, -0.2) is 0 Å². The summed E-state index contributed by atoms with van der Waals surface area (Å²) in [7, 11) is 0. The molecule has 0 N–H and O–H groups in total. The van der Waals surface area contributed by atoms with Gasteiger partial charge in [0.2, 0.25) is 0 Å². The van der Waals surface area contributed by atoms with Crippen LogP contribution in [-0.4, -0.2) is 19.4 Å². The second kappa shape index (κ2) is 4.52. The Balaban J connectivity index is 1.95. The number of anilines is 1. The molecular weight excluding hydrogens is 210 g/mol. The van der Waals surface area contributed by atoms with Gasteiger partial charge in [0.25, 0.3) is 0 Å². The van der Waals surface area contributed by atoms with Crippen LogP contribution in [0.3, 0.4) is 0 Å². The van der Waals surface area contributed by atoms with Gasteiger partial charge < -0.3 is 9.69 Å². The monoisotopic (exact) mass is 229 g/mol. The lowest BCUT2D eigenvalue weighted by Crippen LogP contribution is -2.30. The molecule has 1 aliphatic heterocycles. The van der Waals surface area contributed by atoms with Crippen molar-refractivity contribution < 1.29 is 4.79 Å². The number of carbonyl (C=O) groups is 1. The Kier molecular flexibility index (Phi) is 2.87. The van der Waals surface area contributed by atoms with Crippen LogP contribution in [0.25, 0.3) is 0 Å². The summed E-state index contributed by atoms with van der Waals surface area (Å²) in [6, 6.07) is 6.48. The van der Waals surface area contributed by atoms with Crippen molar-refractivity contribution in [2.75, 3.05) is 18.0 Å². The van der Waals surface area contributed by atoms with E-state index in [0.717, 1.165) is 19.1 Å². The third-order valence-electron chi connectivity index (χ3n) is 4.15. The third-order valence-corrected chi connectivity index (χ3v) is 4.15. The van der Waals surface area contributed by atoms with Crippen molar-refractivity contribution in [3.63, 3.8) is 0 Å². The quantitative estimate of drug-likeness (QED) is 0.727. The molecule has 0 radical (unpaired) electrons. The Hall–Kier alpha value is -1.31. The van der Waals surface area contributed by atoms with Crippen molar-refractivity contribution in [3.05, 3.63) is 29.3 Å². The van der Waals surface area contributed by atoms with E-state index in [2.05, 4.69) is 23.1 Å². The highest BCUT2D eigenvalue weighted by Crippen LogP contribution is 2.38. The Morgan fingerprint density at radius 1 is 1.18 bits per heavy atom. The van der Waals surface area contributed by atoms with Crippen LogP contribution in [0.4, 0.5) is 5.69 Å². The largest absolute Gasteiger partial charge is 0.371 e. The summed E-state index contributed by atoms with van der Waals surface area (Å²) in [6.45, 7) is 2.37. The van der Waals surface area contributed by atoms with Gasteiger partial charge in [-0.2, -0.15) is 0 Å². The molecule has 0 saturated carbocycles. The molecule has 2 nitrogen and oxygen atoms in total. The minimum atomic E-state index is 0.148. The van der Waals surface area contributed by atoms with Crippen molar-refractivity contribution in [2.24, 2.45) is 0 Å².